The van der Waals surface area contributed by atoms with E-state index in [0.29, 0.717) is 5.76 Å². The summed E-state index contributed by atoms with van der Waals surface area (Å²) >= 11 is 0. The summed E-state index contributed by atoms with van der Waals surface area (Å²) in [4.78, 5) is 3.15. The van der Waals surface area contributed by atoms with Gasteiger partial charge in [0.15, 0.2) is 20.1 Å². The van der Waals surface area contributed by atoms with Gasteiger partial charge in [0.1, 0.15) is 0 Å². The maximum atomic E-state index is 12.5. The Balaban J connectivity index is 2.80. The van der Waals surface area contributed by atoms with E-state index in [0.717, 1.165) is 0 Å². The van der Waals surface area contributed by atoms with Gasteiger partial charge >= 0.3 is 11.7 Å². The number of halogens is 3. The smallest absolute Gasteiger partial charge is 0.389 e. The molecule has 0 N–H and O–H groups in total. The van der Waals surface area contributed by atoms with Crippen molar-refractivity contribution >= 4 is 8.32 Å². The summed E-state index contributed by atoms with van der Waals surface area (Å²) in [7, 11) is -1.99. The number of alkyl halides is 3. The predicted molar refractivity (Wildman–Crippen MR) is 92.4 cm³/mol. The summed E-state index contributed by atoms with van der Waals surface area (Å²) in [6.45, 7) is 17.8. The number of nitrogens with zero attached hydrogens (tertiary/aromatic N) is 3. The lowest BCUT2D eigenvalue weighted by Crippen LogP contribution is -2.40. The molecule has 0 radical (unpaired) electrons. The first-order chi connectivity index (χ1) is 11.7. The molecule has 5 nitrogen and oxygen atoms in total. The second-order valence-electron chi connectivity index (χ2n) is 7.88. The number of rotatable bonds is 7. The minimum absolute atomic E-state index is 0.0213. The van der Waals surface area contributed by atoms with Crippen LogP contribution in [0.3, 0.4) is 0 Å². The zero-order valence-electron chi connectivity index (χ0n) is 15.7. The van der Waals surface area contributed by atoms with E-state index in [1.165, 1.54) is 6.07 Å². The van der Waals surface area contributed by atoms with Crippen LogP contribution in [0.1, 0.15) is 45.1 Å². The molecule has 1 rings (SSSR count). The Labute approximate surface area is 153 Å². The topological polar surface area (TPSA) is 63.4 Å². The van der Waals surface area contributed by atoms with Crippen molar-refractivity contribution in [1.82, 2.24) is 5.16 Å². The van der Waals surface area contributed by atoms with Crippen molar-refractivity contribution in [3.8, 4) is 6.07 Å². The average Bonchev–Trinajstić information content (AvgIpc) is 2.95. The van der Waals surface area contributed by atoms with Crippen molar-refractivity contribution in [1.29, 1.82) is 5.26 Å². The van der Waals surface area contributed by atoms with Gasteiger partial charge in [-0.1, -0.05) is 25.9 Å². The predicted octanol–water partition coefficient (Wildman–Crippen LogP) is 5.26. The minimum Gasteiger partial charge on any atom is -0.409 e. The summed E-state index contributed by atoms with van der Waals surface area (Å²) < 4.78 is 48.5. The molecule has 9 heteroatoms. The van der Waals surface area contributed by atoms with E-state index in [1.807, 2.05) is 0 Å². The van der Waals surface area contributed by atoms with Crippen molar-refractivity contribution in [2.45, 2.75) is 76.5 Å². The van der Waals surface area contributed by atoms with Gasteiger partial charge in [0.25, 0.3) is 0 Å². The number of nitriles is 1. The molecular weight excluding hydrogens is 363 g/mol. The molecule has 0 saturated carbocycles. The van der Waals surface area contributed by atoms with Crippen LogP contribution in [0.5, 0.6) is 0 Å². The molecule has 1 heterocycles. The molecule has 0 spiro atoms. The maximum Gasteiger partial charge on any atom is 0.389 e. The van der Waals surface area contributed by atoms with Crippen LogP contribution in [0.2, 0.25) is 18.1 Å². The van der Waals surface area contributed by atoms with Crippen molar-refractivity contribution in [2.75, 3.05) is 0 Å². The van der Waals surface area contributed by atoms with Crippen LogP contribution in [0, 0.1) is 17.9 Å². The van der Waals surface area contributed by atoms with Crippen molar-refractivity contribution in [3.63, 3.8) is 0 Å². The van der Waals surface area contributed by atoms with Gasteiger partial charge in [0.2, 0.25) is 0 Å². The van der Waals surface area contributed by atoms with Gasteiger partial charge in [-0.25, -0.2) is 6.57 Å². The molecule has 0 fully saturated rings. The first-order valence-corrected chi connectivity index (χ1v) is 11.1. The summed E-state index contributed by atoms with van der Waals surface area (Å²) in [5.74, 6) is 0.428. The highest BCUT2D eigenvalue weighted by atomic mass is 28.4. The lowest BCUT2D eigenvalue weighted by atomic mass is 9.90. The fraction of sp³-hybridized carbons (Fsp3) is 0.706. The zero-order chi connectivity index (χ0) is 20.2. The Morgan fingerprint density at radius 3 is 2.38 bits per heavy atom. The van der Waals surface area contributed by atoms with Crippen LogP contribution in [0.15, 0.2) is 10.6 Å². The monoisotopic (exact) mass is 387 g/mol. The van der Waals surface area contributed by atoms with Crippen molar-refractivity contribution in [3.05, 3.63) is 28.9 Å². The summed E-state index contributed by atoms with van der Waals surface area (Å²) in [6.07, 6.45) is -6.42. The van der Waals surface area contributed by atoms with Gasteiger partial charge < -0.3 is 8.95 Å². The molecule has 1 unspecified atom stereocenters. The van der Waals surface area contributed by atoms with E-state index in [1.54, 1.807) is 6.07 Å². The fourth-order valence-corrected chi connectivity index (χ4v) is 2.86. The normalized spacial score (nSPS) is 15.2. The first kappa shape index (κ1) is 22.2. The van der Waals surface area contributed by atoms with Gasteiger partial charge in [0, 0.05) is 12.5 Å². The van der Waals surface area contributed by atoms with Crippen LogP contribution in [-0.2, 0) is 17.5 Å². The lowest BCUT2D eigenvalue weighted by Gasteiger charge is -2.35. The SMILES string of the molecule is [C-]#[N+]C(C#N)(CCC(F)(F)F)Cc1cc(CO[Si](C)(C)C(C)(C)C)on1. The highest BCUT2D eigenvalue weighted by Crippen LogP contribution is 2.37. The molecular formula is C17H24F3N3O2Si. The van der Waals surface area contributed by atoms with E-state index < -0.39 is 32.9 Å². The van der Waals surface area contributed by atoms with Gasteiger partial charge in [-0.2, -0.15) is 18.4 Å². The van der Waals surface area contributed by atoms with Gasteiger partial charge in [-0.15, -0.1) is 0 Å². The van der Waals surface area contributed by atoms with Crippen molar-refractivity contribution < 1.29 is 22.1 Å². The molecule has 0 bridgehead atoms. The van der Waals surface area contributed by atoms with Crippen LogP contribution >= 0.6 is 0 Å². The number of hydrogen-bond donors (Lipinski definition) is 0. The standard InChI is InChI=1S/C17H24F3N3O2Si/c1-15(2,3)26(5,6)24-11-14-9-13(23-25-14)10-16(12-21,22-4)7-8-17(18,19)20/h9H,7-8,10-11H2,1-3,5-6H3. The Morgan fingerprint density at radius 2 is 1.92 bits per heavy atom. The van der Waals surface area contributed by atoms with E-state index in [4.69, 9.17) is 15.5 Å². The van der Waals surface area contributed by atoms with Crippen LogP contribution < -0.4 is 0 Å². The Bertz CT molecular complexity index is 680. The van der Waals surface area contributed by atoms with Gasteiger partial charge in [-0.05, 0) is 18.1 Å². The minimum atomic E-state index is -4.42. The highest BCUT2D eigenvalue weighted by Gasteiger charge is 2.43. The molecule has 1 aromatic rings. The first-order valence-electron chi connectivity index (χ1n) is 8.19. The molecule has 0 aliphatic carbocycles. The van der Waals surface area contributed by atoms with Crippen LogP contribution in [0.25, 0.3) is 4.85 Å². The second kappa shape index (κ2) is 7.81. The third kappa shape index (κ3) is 6.15. The number of aromatic nitrogens is 1. The number of hydrogen-bond acceptors (Lipinski definition) is 4. The summed E-state index contributed by atoms with van der Waals surface area (Å²) in [5.41, 5.74) is -1.53. The summed E-state index contributed by atoms with van der Waals surface area (Å²) in [6, 6.07) is 3.25. The molecule has 0 aromatic carbocycles. The Kier molecular flexibility index (Phi) is 6.67. The largest absolute Gasteiger partial charge is 0.409 e. The third-order valence-corrected chi connectivity index (χ3v) is 9.19. The van der Waals surface area contributed by atoms with Crippen LogP contribution in [-0.4, -0.2) is 25.2 Å². The molecule has 1 aromatic heterocycles. The Morgan fingerprint density at radius 1 is 1.31 bits per heavy atom. The molecule has 0 amide bonds. The lowest BCUT2D eigenvalue weighted by molar-refractivity contribution is -0.136. The molecule has 0 saturated heterocycles. The highest BCUT2D eigenvalue weighted by molar-refractivity contribution is 6.74. The van der Waals surface area contributed by atoms with Crippen molar-refractivity contribution in [2.24, 2.45) is 0 Å². The molecule has 26 heavy (non-hydrogen) atoms. The average molecular weight is 387 g/mol. The van der Waals surface area contributed by atoms with Gasteiger partial charge in [0.05, 0.1) is 25.1 Å². The molecule has 0 aliphatic heterocycles. The van der Waals surface area contributed by atoms with Crippen LogP contribution in [0.4, 0.5) is 13.2 Å². The molecule has 144 valence electrons. The second-order valence-corrected chi connectivity index (χ2v) is 12.7. The van der Waals surface area contributed by atoms with E-state index >= 15 is 0 Å². The fourth-order valence-electron chi connectivity index (χ4n) is 1.93. The Hall–Kier alpha value is -1.84. The van der Waals surface area contributed by atoms with E-state index in [9.17, 15) is 18.4 Å². The molecule has 0 aliphatic rings. The summed E-state index contributed by atoms with van der Waals surface area (Å²) in [5, 5.41) is 13.0. The third-order valence-electron chi connectivity index (χ3n) is 4.71. The molecule has 1 atom stereocenters. The maximum absolute atomic E-state index is 12.5. The van der Waals surface area contributed by atoms with E-state index in [-0.39, 0.29) is 23.8 Å². The van der Waals surface area contributed by atoms with Gasteiger partial charge in [-0.3, -0.25) is 4.85 Å². The van der Waals surface area contributed by atoms with E-state index in [2.05, 4.69) is 43.9 Å². The quantitative estimate of drug-likeness (QED) is 0.473. The zero-order valence-corrected chi connectivity index (χ0v) is 16.7.